The predicted molar refractivity (Wildman–Crippen MR) is 96.4 cm³/mol. The number of rotatable bonds is 4. The van der Waals surface area contributed by atoms with Crippen molar-refractivity contribution in [3.05, 3.63) is 68.1 Å². The molecule has 2 amide bonds. The summed E-state index contributed by atoms with van der Waals surface area (Å²) in [6, 6.07) is 8.85. The van der Waals surface area contributed by atoms with Crippen LogP contribution in [0.2, 0.25) is 0 Å². The van der Waals surface area contributed by atoms with Gasteiger partial charge in [-0.3, -0.25) is 25.2 Å². The maximum Gasteiger partial charge on any atom is 0.269 e. The number of H-pyrrole nitrogens is 1. The third kappa shape index (κ3) is 4.36. The summed E-state index contributed by atoms with van der Waals surface area (Å²) in [5.74, 6) is -0.768. The molecule has 2 aromatic rings. The minimum Gasteiger partial charge on any atom is -0.325 e. The number of aromatic nitrogens is 1. The highest BCUT2D eigenvalue weighted by molar-refractivity contribution is 5.95. The van der Waals surface area contributed by atoms with Crippen molar-refractivity contribution in [3.63, 3.8) is 0 Å². The van der Waals surface area contributed by atoms with Gasteiger partial charge in [0.1, 0.15) is 11.6 Å². The summed E-state index contributed by atoms with van der Waals surface area (Å²) < 4.78 is 0. The van der Waals surface area contributed by atoms with Gasteiger partial charge in [0, 0.05) is 17.7 Å². The summed E-state index contributed by atoms with van der Waals surface area (Å²) >= 11 is 0. The van der Waals surface area contributed by atoms with E-state index in [-0.39, 0.29) is 17.9 Å². The number of nitriles is 1. The number of carbonyl (C=O) groups is 2. The Labute approximate surface area is 151 Å². The van der Waals surface area contributed by atoms with E-state index >= 15 is 0 Å². The van der Waals surface area contributed by atoms with Crippen LogP contribution in [0.1, 0.15) is 44.7 Å². The summed E-state index contributed by atoms with van der Waals surface area (Å²) in [6.45, 7) is 5.33. The molecule has 2 rings (SSSR count). The number of aryl methyl sites for hydroxylation is 2. The molecule has 134 valence electrons. The van der Waals surface area contributed by atoms with Crippen LogP contribution in [0.25, 0.3) is 0 Å². The third-order valence-corrected chi connectivity index (χ3v) is 4.15. The molecule has 0 saturated carbocycles. The second kappa shape index (κ2) is 8.12. The van der Waals surface area contributed by atoms with Crippen molar-refractivity contribution in [2.45, 2.75) is 33.6 Å². The Bertz CT molecular complexity index is 937. The molecule has 7 heteroatoms. The fourth-order valence-corrected chi connectivity index (χ4v) is 2.62. The van der Waals surface area contributed by atoms with Crippen molar-refractivity contribution in [3.8, 4) is 6.07 Å². The first-order valence-corrected chi connectivity index (χ1v) is 8.11. The van der Waals surface area contributed by atoms with Crippen LogP contribution >= 0.6 is 0 Å². The minimum atomic E-state index is -0.430. The number of nitrogens with zero attached hydrogens (tertiary/aromatic N) is 1. The van der Waals surface area contributed by atoms with E-state index < -0.39 is 11.5 Å². The van der Waals surface area contributed by atoms with Crippen molar-refractivity contribution < 1.29 is 9.59 Å². The van der Waals surface area contributed by atoms with Gasteiger partial charge in [-0.25, -0.2) is 0 Å². The topological polar surface area (TPSA) is 115 Å². The molecule has 1 heterocycles. The monoisotopic (exact) mass is 352 g/mol. The molecule has 3 N–H and O–H groups in total. The molecule has 0 fully saturated rings. The number of amides is 2. The molecule has 0 aliphatic rings. The fourth-order valence-electron chi connectivity index (χ4n) is 2.62. The quantitative estimate of drug-likeness (QED) is 0.724. The normalized spacial score (nSPS) is 10.1. The van der Waals surface area contributed by atoms with Crippen molar-refractivity contribution in [1.82, 2.24) is 15.8 Å². The number of hydrogen-bond acceptors (Lipinski definition) is 4. The molecule has 1 aromatic heterocycles. The maximum atomic E-state index is 12.0. The van der Waals surface area contributed by atoms with Gasteiger partial charge in [-0.15, -0.1) is 0 Å². The molecule has 0 aliphatic heterocycles. The Hall–Kier alpha value is -3.40. The minimum absolute atomic E-state index is 0.0543. The lowest BCUT2D eigenvalue weighted by atomic mass is 9.99. The van der Waals surface area contributed by atoms with Gasteiger partial charge in [0.15, 0.2) is 0 Å². The van der Waals surface area contributed by atoms with E-state index in [1.165, 1.54) is 0 Å². The standard InChI is InChI=1S/C19H20N4O3/c1-11-4-6-14(7-5-11)18(25)23-22-17(24)9-8-15-12(2)16(10-20)19(26)21-13(15)3/h4-7H,8-9H2,1-3H3,(H,21,26)(H,22,24)(H,23,25). The zero-order valence-electron chi connectivity index (χ0n) is 14.9. The first kappa shape index (κ1) is 18.9. The zero-order valence-corrected chi connectivity index (χ0v) is 14.9. The van der Waals surface area contributed by atoms with Gasteiger partial charge in [0.05, 0.1) is 0 Å². The lowest BCUT2D eigenvalue weighted by molar-refractivity contribution is -0.121. The van der Waals surface area contributed by atoms with Gasteiger partial charge in [0.2, 0.25) is 5.91 Å². The number of nitrogens with one attached hydrogen (secondary N) is 3. The number of hydrazine groups is 1. The SMILES string of the molecule is Cc1ccc(C(=O)NNC(=O)CCc2c(C)[nH]c(=O)c(C#N)c2C)cc1. The van der Waals surface area contributed by atoms with Crippen LogP contribution in [0, 0.1) is 32.1 Å². The highest BCUT2D eigenvalue weighted by Gasteiger charge is 2.14. The van der Waals surface area contributed by atoms with Gasteiger partial charge in [-0.2, -0.15) is 5.26 Å². The average molecular weight is 352 g/mol. The molecule has 0 atom stereocenters. The van der Waals surface area contributed by atoms with Gasteiger partial charge >= 0.3 is 0 Å². The average Bonchev–Trinajstić information content (AvgIpc) is 2.60. The van der Waals surface area contributed by atoms with E-state index in [4.69, 9.17) is 5.26 Å². The van der Waals surface area contributed by atoms with Crippen LogP contribution in [0.3, 0.4) is 0 Å². The van der Waals surface area contributed by atoms with E-state index in [1.54, 1.807) is 26.0 Å². The first-order valence-electron chi connectivity index (χ1n) is 8.11. The Morgan fingerprint density at radius 1 is 1.12 bits per heavy atom. The zero-order chi connectivity index (χ0) is 19.3. The van der Waals surface area contributed by atoms with Crippen LogP contribution < -0.4 is 16.4 Å². The Morgan fingerprint density at radius 3 is 2.38 bits per heavy atom. The van der Waals surface area contributed by atoms with E-state index in [0.29, 0.717) is 23.2 Å². The largest absolute Gasteiger partial charge is 0.325 e. The fraction of sp³-hybridized carbons (Fsp3) is 0.263. The van der Waals surface area contributed by atoms with Gasteiger partial charge in [0.25, 0.3) is 11.5 Å². The van der Waals surface area contributed by atoms with Crippen LogP contribution in [-0.2, 0) is 11.2 Å². The molecular formula is C19H20N4O3. The van der Waals surface area contributed by atoms with Crippen LogP contribution in [0.5, 0.6) is 0 Å². The molecule has 0 radical (unpaired) electrons. The maximum absolute atomic E-state index is 12.0. The number of carbonyl (C=O) groups excluding carboxylic acids is 2. The van der Waals surface area contributed by atoms with Gasteiger partial charge < -0.3 is 4.98 Å². The summed E-state index contributed by atoms with van der Waals surface area (Å²) in [5.41, 5.74) is 7.80. The van der Waals surface area contributed by atoms with Crippen LogP contribution in [-0.4, -0.2) is 16.8 Å². The van der Waals surface area contributed by atoms with E-state index in [0.717, 1.165) is 11.1 Å². The summed E-state index contributed by atoms with van der Waals surface area (Å²) in [4.78, 5) is 38.3. The molecule has 0 bridgehead atoms. The Kier molecular flexibility index (Phi) is 5.91. The van der Waals surface area contributed by atoms with Crippen molar-refractivity contribution in [2.24, 2.45) is 0 Å². The third-order valence-electron chi connectivity index (χ3n) is 4.15. The number of pyridine rings is 1. The molecule has 0 saturated heterocycles. The van der Waals surface area contributed by atoms with E-state index in [9.17, 15) is 14.4 Å². The molecule has 0 spiro atoms. The lowest BCUT2D eigenvalue weighted by Crippen LogP contribution is -2.41. The number of benzene rings is 1. The number of hydrogen-bond donors (Lipinski definition) is 3. The summed E-state index contributed by atoms with van der Waals surface area (Å²) in [7, 11) is 0. The Balaban J connectivity index is 1.95. The molecule has 1 aromatic carbocycles. The van der Waals surface area contributed by atoms with Crippen molar-refractivity contribution in [1.29, 1.82) is 5.26 Å². The van der Waals surface area contributed by atoms with Gasteiger partial charge in [-0.05, 0) is 50.5 Å². The molecule has 26 heavy (non-hydrogen) atoms. The molecular weight excluding hydrogens is 332 g/mol. The smallest absolute Gasteiger partial charge is 0.269 e. The molecule has 0 aliphatic carbocycles. The van der Waals surface area contributed by atoms with Crippen LogP contribution in [0.4, 0.5) is 0 Å². The molecule has 7 nitrogen and oxygen atoms in total. The van der Waals surface area contributed by atoms with Gasteiger partial charge in [-0.1, -0.05) is 17.7 Å². The first-order chi connectivity index (χ1) is 12.3. The second-order valence-corrected chi connectivity index (χ2v) is 6.04. The van der Waals surface area contributed by atoms with Crippen LogP contribution in [0.15, 0.2) is 29.1 Å². The number of aromatic amines is 1. The second-order valence-electron chi connectivity index (χ2n) is 6.04. The van der Waals surface area contributed by atoms with E-state index in [2.05, 4.69) is 15.8 Å². The van der Waals surface area contributed by atoms with E-state index in [1.807, 2.05) is 25.1 Å². The highest BCUT2D eigenvalue weighted by Crippen LogP contribution is 2.14. The van der Waals surface area contributed by atoms with Crippen molar-refractivity contribution in [2.75, 3.05) is 0 Å². The summed E-state index contributed by atoms with van der Waals surface area (Å²) in [6.07, 6.45) is 0.447. The predicted octanol–water partition coefficient (Wildman–Crippen LogP) is 1.57. The van der Waals surface area contributed by atoms with Crippen molar-refractivity contribution >= 4 is 11.8 Å². The molecule has 0 unspecified atom stereocenters. The highest BCUT2D eigenvalue weighted by atomic mass is 16.2. The Morgan fingerprint density at radius 2 is 1.77 bits per heavy atom. The summed E-state index contributed by atoms with van der Waals surface area (Å²) in [5, 5.41) is 9.07. The lowest BCUT2D eigenvalue weighted by Gasteiger charge is -2.11.